The SMILES string of the molecule is O=C(COc1cccc(C(F)(F)F)c1)Nc1nn2c(C3CCCCC3)nnc2s1. The first kappa shape index (κ1) is 19.6. The molecule has 154 valence electrons. The molecular formula is C18H18F3N5O2S. The van der Waals surface area contributed by atoms with Crippen molar-refractivity contribution in [1.29, 1.82) is 0 Å². The minimum Gasteiger partial charge on any atom is -0.484 e. The summed E-state index contributed by atoms with van der Waals surface area (Å²) in [6.45, 7) is -0.434. The minimum absolute atomic E-state index is 0.0345. The van der Waals surface area contributed by atoms with E-state index >= 15 is 0 Å². The molecule has 2 heterocycles. The number of alkyl halides is 3. The quantitative estimate of drug-likeness (QED) is 0.660. The van der Waals surface area contributed by atoms with Gasteiger partial charge in [0.1, 0.15) is 5.75 Å². The summed E-state index contributed by atoms with van der Waals surface area (Å²) in [6.07, 6.45) is 1.15. The van der Waals surface area contributed by atoms with Gasteiger partial charge in [-0.3, -0.25) is 10.1 Å². The van der Waals surface area contributed by atoms with E-state index in [-0.39, 0.29) is 5.75 Å². The number of hydrogen-bond acceptors (Lipinski definition) is 6. The highest BCUT2D eigenvalue weighted by molar-refractivity contribution is 7.20. The Kier molecular flexibility index (Phi) is 5.39. The zero-order valence-electron chi connectivity index (χ0n) is 15.3. The van der Waals surface area contributed by atoms with Crippen molar-refractivity contribution in [2.45, 2.75) is 44.2 Å². The first-order chi connectivity index (χ1) is 13.9. The zero-order valence-corrected chi connectivity index (χ0v) is 16.1. The number of hydrogen-bond donors (Lipinski definition) is 1. The van der Waals surface area contributed by atoms with Gasteiger partial charge in [-0.2, -0.15) is 17.7 Å². The molecule has 11 heteroatoms. The molecule has 0 spiro atoms. The van der Waals surface area contributed by atoms with Crippen LogP contribution in [0.5, 0.6) is 5.75 Å². The van der Waals surface area contributed by atoms with Crippen LogP contribution in [0, 0.1) is 0 Å². The maximum atomic E-state index is 12.7. The average Bonchev–Trinajstić information content (AvgIpc) is 3.27. The summed E-state index contributed by atoms with van der Waals surface area (Å²) >= 11 is 1.18. The summed E-state index contributed by atoms with van der Waals surface area (Å²) in [7, 11) is 0. The third-order valence-electron chi connectivity index (χ3n) is 4.76. The molecule has 0 saturated heterocycles. The minimum atomic E-state index is -4.47. The normalized spacial score (nSPS) is 15.6. The summed E-state index contributed by atoms with van der Waals surface area (Å²) < 4.78 is 45.0. The zero-order chi connectivity index (χ0) is 20.4. The second-order valence-corrected chi connectivity index (χ2v) is 7.81. The van der Waals surface area contributed by atoms with Crippen LogP contribution in [0.3, 0.4) is 0 Å². The Bertz CT molecular complexity index is 1010. The van der Waals surface area contributed by atoms with Gasteiger partial charge in [-0.1, -0.05) is 36.7 Å². The van der Waals surface area contributed by atoms with Crippen molar-refractivity contribution in [2.24, 2.45) is 0 Å². The van der Waals surface area contributed by atoms with Crippen LogP contribution in [0.1, 0.15) is 49.4 Å². The third kappa shape index (κ3) is 4.50. The summed E-state index contributed by atoms with van der Waals surface area (Å²) in [6, 6.07) is 4.39. The fraction of sp³-hybridized carbons (Fsp3) is 0.444. The number of benzene rings is 1. The molecule has 0 radical (unpaired) electrons. The standard InChI is InChI=1S/C18H18F3N5O2S/c19-18(20,21)12-7-4-8-13(9-12)28-10-14(27)22-16-25-26-15(23-24-17(26)29-16)11-5-2-1-3-6-11/h4,7-9,11H,1-3,5-6,10H2,(H,22,25,27). The summed E-state index contributed by atoms with van der Waals surface area (Å²) in [5, 5.41) is 15.7. The van der Waals surface area contributed by atoms with Crippen molar-refractivity contribution < 1.29 is 22.7 Å². The molecule has 0 aliphatic heterocycles. The first-order valence-electron chi connectivity index (χ1n) is 9.22. The molecule has 0 atom stereocenters. The topological polar surface area (TPSA) is 81.4 Å². The lowest BCUT2D eigenvalue weighted by atomic mass is 9.89. The van der Waals surface area contributed by atoms with Crippen molar-refractivity contribution in [3.8, 4) is 5.75 Å². The maximum Gasteiger partial charge on any atom is 0.416 e. The van der Waals surface area contributed by atoms with Crippen LogP contribution in [0.2, 0.25) is 0 Å². The fourth-order valence-electron chi connectivity index (χ4n) is 3.36. The molecule has 2 aromatic heterocycles. The number of carbonyl (C=O) groups is 1. The highest BCUT2D eigenvalue weighted by Gasteiger charge is 2.30. The average molecular weight is 425 g/mol. The van der Waals surface area contributed by atoms with Gasteiger partial charge in [-0.05, 0) is 31.0 Å². The van der Waals surface area contributed by atoms with Gasteiger partial charge in [0.2, 0.25) is 10.1 Å². The number of nitrogens with zero attached hydrogens (tertiary/aromatic N) is 4. The van der Waals surface area contributed by atoms with E-state index in [4.69, 9.17) is 4.74 Å². The van der Waals surface area contributed by atoms with E-state index in [1.54, 1.807) is 4.52 Å². The predicted octanol–water partition coefficient (Wildman–Crippen LogP) is 4.27. The van der Waals surface area contributed by atoms with Crippen molar-refractivity contribution in [3.05, 3.63) is 35.7 Å². The molecule has 1 aromatic carbocycles. The van der Waals surface area contributed by atoms with E-state index in [2.05, 4.69) is 20.6 Å². The van der Waals surface area contributed by atoms with Gasteiger partial charge >= 0.3 is 6.18 Å². The van der Waals surface area contributed by atoms with Gasteiger partial charge in [0.15, 0.2) is 12.4 Å². The van der Waals surface area contributed by atoms with Crippen molar-refractivity contribution >= 4 is 27.3 Å². The number of halogens is 3. The third-order valence-corrected chi connectivity index (χ3v) is 5.58. The second-order valence-electron chi connectivity index (χ2n) is 6.86. The molecule has 0 unspecified atom stereocenters. The van der Waals surface area contributed by atoms with Gasteiger partial charge < -0.3 is 4.74 Å². The Morgan fingerprint density at radius 1 is 1.24 bits per heavy atom. The molecule has 4 rings (SSSR count). The summed E-state index contributed by atoms with van der Waals surface area (Å²) in [5.41, 5.74) is -0.834. The molecule has 1 amide bonds. The van der Waals surface area contributed by atoms with Gasteiger partial charge in [0.05, 0.1) is 5.56 Å². The van der Waals surface area contributed by atoms with Crippen LogP contribution >= 0.6 is 11.3 Å². The molecule has 1 aliphatic carbocycles. The van der Waals surface area contributed by atoms with Gasteiger partial charge in [-0.25, -0.2) is 0 Å². The predicted molar refractivity (Wildman–Crippen MR) is 100 cm³/mol. The van der Waals surface area contributed by atoms with Gasteiger partial charge in [0, 0.05) is 5.92 Å². The van der Waals surface area contributed by atoms with E-state index in [1.807, 2.05) is 0 Å². The lowest BCUT2D eigenvalue weighted by Crippen LogP contribution is -2.20. The second kappa shape index (κ2) is 7.97. The number of amides is 1. The Hall–Kier alpha value is -2.69. The van der Waals surface area contributed by atoms with Crippen LogP contribution in [0.25, 0.3) is 4.96 Å². The number of nitrogens with one attached hydrogen (secondary N) is 1. The largest absolute Gasteiger partial charge is 0.484 e. The van der Waals surface area contributed by atoms with Crippen molar-refractivity contribution in [3.63, 3.8) is 0 Å². The lowest BCUT2D eigenvalue weighted by Gasteiger charge is -2.18. The van der Waals surface area contributed by atoms with E-state index in [1.165, 1.54) is 29.9 Å². The molecular weight excluding hydrogens is 407 g/mol. The van der Waals surface area contributed by atoms with Crippen LogP contribution in [0.15, 0.2) is 24.3 Å². The lowest BCUT2D eigenvalue weighted by molar-refractivity contribution is -0.137. The number of carbonyl (C=O) groups excluding carboxylic acids is 1. The van der Waals surface area contributed by atoms with Crippen LogP contribution in [0.4, 0.5) is 18.3 Å². The van der Waals surface area contributed by atoms with Gasteiger partial charge in [0.25, 0.3) is 5.91 Å². The number of rotatable bonds is 5. The molecule has 1 N–H and O–H groups in total. The fourth-order valence-corrected chi connectivity index (χ4v) is 4.13. The van der Waals surface area contributed by atoms with Gasteiger partial charge in [-0.15, -0.1) is 15.3 Å². The number of anilines is 1. The molecule has 1 aliphatic rings. The molecule has 1 saturated carbocycles. The molecule has 1 fully saturated rings. The summed E-state index contributed by atoms with van der Waals surface area (Å²) in [5.74, 6) is 0.560. The molecule has 7 nitrogen and oxygen atoms in total. The van der Waals surface area contributed by atoms with Crippen LogP contribution < -0.4 is 10.1 Å². The molecule has 3 aromatic rings. The molecule has 29 heavy (non-hydrogen) atoms. The Morgan fingerprint density at radius 2 is 2.03 bits per heavy atom. The molecule has 0 bridgehead atoms. The Labute approximate surface area is 167 Å². The number of fused-ring (bicyclic) bond motifs is 1. The summed E-state index contributed by atoms with van der Waals surface area (Å²) in [4.78, 5) is 12.7. The Balaban J connectivity index is 1.38. The number of aromatic nitrogens is 4. The van der Waals surface area contributed by atoms with E-state index in [0.717, 1.165) is 43.6 Å². The first-order valence-corrected chi connectivity index (χ1v) is 10.0. The number of ether oxygens (including phenoxy) is 1. The van der Waals surface area contributed by atoms with E-state index in [0.29, 0.717) is 16.0 Å². The maximum absolute atomic E-state index is 12.7. The Morgan fingerprint density at radius 3 is 2.79 bits per heavy atom. The van der Waals surface area contributed by atoms with E-state index in [9.17, 15) is 18.0 Å². The van der Waals surface area contributed by atoms with Crippen LogP contribution in [-0.2, 0) is 11.0 Å². The highest BCUT2D eigenvalue weighted by atomic mass is 32.1. The highest BCUT2D eigenvalue weighted by Crippen LogP contribution is 2.33. The van der Waals surface area contributed by atoms with Crippen LogP contribution in [-0.4, -0.2) is 32.3 Å². The van der Waals surface area contributed by atoms with Crippen molar-refractivity contribution in [2.75, 3.05) is 11.9 Å². The smallest absolute Gasteiger partial charge is 0.416 e. The van der Waals surface area contributed by atoms with Crippen molar-refractivity contribution in [1.82, 2.24) is 19.8 Å². The monoisotopic (exact) mass is 425 g/mol. The van der Waals surface area contributed by atoms with E-state index < -0.39 is 24.3 Å².